The second-order valence-electron chi connectivity index (χ2n) is 5.47. The molecule has 2 rings (SSSR count). The van der Waals surface area contributed by atoms with E-state index in [4.69, 9.17) is 14.4 Å². The predicted octanol–water partition coefficient (Wildman–Crippen LogP) is 1.55. The number of hydrogen-bond acceptors (Lipinski definition) is 3. The number of aliphatic carboxylic acids is 1. The summed E-state index contributed by atoms with van der Waals surface area (Å²) in [6, 6.07) is 0. The first-order valence-corrected chi connectivity index (χ1v) is 5.33. The molecular formula is C10H17BO4. The highest BCUT2D eigenvalue weighted by Crippen LogP contribution is 2.53. The van der Waals surface area contributed by atoms with Gasteiger partial charge in [-0.1, -0.05) is 0 Å². The van der Waals surface area contributed by atoms with Gasteiger partial charge in [-0.05, 0) is 34.1 Å². The van der Waals surface area contributed by atoms with Crippen molar-refractivity contribution < 1.29 is 19.2 Å². The van der Waals surface area contributed by atoms with Crippen LogP contribution in [-0.2, 0) is 14.1 Å². The van der Waals surface area contributed by atoms with Crippen LogP contribution < -0.4 is 0 Å². The Morgan fingerprint density at radius 1 is 1.27 bits per heavy atom. The maximum absolute atomic E-state index is 10.7. The number of carbonyl (C=O) groups is 1. The summed E-state index contributed by atoms with van der Waals surface area (Å²) in [5.74, 6) is -0.988. The van der Waals surface area contributed by atoms with Gasteiger partial charge in [0, 0.05) is 5.82 Å². The third kappa shape index (κ3) is 1.68. The minimum Gasteiger partial charge on any atom is -0.481 e. The summed E-state index contributed by atoms with van der Waals surface area (Å²) in [5, 5.41) is 8.83. The second-order valence-corrected chi connectivity index (χ2v) is 5.47. The molecule has 0 aromatic rings. The first-order valence-electron chi connectivity index (χ1n) is 5.33. The van der Waals surface area contributed by atoms with E-state index in [2.05, 4.69) is 0 Å². The summed E-state index contributed by atoms with van der Waals surface area (Å²) in [6.45, 7) is 7.91. The van der Waals surface area contributed by atoms with Crippen molar-refractivity contribution in [2.45, 2.75) is 51.1 Å². The van der Waals surface area contributed by atoms with Crippen molar-refractivity contribution in [3.8, 4) is 0 Å². The summed E-state index contributed by atoms with van der Waals surface area (Å²) in [6.07, 6.45) is 0.673. The molecule has 0 spiro atoms. The molecule has 1 N–H and O–H groups in total. The van der Waals surface area contributed by atoms with Gasteiger partial charge in [0.05, 0.1) is 17.1 Å². The van der Waals surface area contributed by atoms with Crippen LogP contribution >= 0.6 is 0 Å². The van der Waals surface area contributed by atoms with Crippen LogP contribution in [0.5, 0.6) is 0 Å². The van der Waals surface area contributed by atoms with Gasteiger partial charge in [-0.15, -0.1) is 0 Å². The van der Waals surface area contributed by atoms with Crippen molar-refractivity contribution in [2.75, 3.05) is 0 Å². The number of carboxylic acids is 1. The van der Waals surface area contributed by atoms with Gasteiger partial charge in [-0.25, -0.2) is 0 Å². The minimum absolute atomic E-state index is 0.0311. The third-order valence-electron chi connectivity index (χ3n) is 3.78. The van der Waals surface area contributed by atoms with Crippen LogP contribution in [0.2, 0.25) is 5.82 Å². The van der Waals surface area contributed by atoms with Crippen LogP contribution in [0.1, 0.15) is 34.1 Å². The van der Waals surface area contributed by atoms with Gasteiger partial charge in [0.15, 0.2) is 0 Å². The molecule has 2 atom stereocenters. The highest BCUT2D eigenvalue weighted by Gasteiger charge is 2.61. The standard InChI is InChI=1S/C10H17BO4/c1-9(2)10(3,4)15-11(14-9)7-5-6(7)8(12)13/h6-7H,5H2,1-4H3,(H,12,13). The summed E-state index contributed by atoms with van der Waals surface area (Å²) in [7, 11) is -0.351. The van der Waals surface area contributed by atoms with Crippen molar-refractivity contribution in [1.82, 2.24) is 0 Å². The minimum atomic E-state index is -0.741. The normalized spacial score (nSPS) is 36.7. The molecule has 0 aromatic heterocycles. The Balaban J connectivity index is 2.03. The molecule has 2 aliphatic rings. The molecule has 0 radical (unpaired) electrons. The largest absolute Gasteiger partial charge is 0.481 e. The van der Waals surface area contributed by atoms with E-state index in [1.807, 2.05) is 27.7 Å². The van der Waals surface area contributed by atoms with Gasteiger partial charge in [0.25, 0.3) is 0 Å². The first-order chi connectivity index (χ1) is 6.74. The first kappa shape index (κ1) is 11.0. The zero-order valence-electron chi connectivity index (χ0n) is 9.61. The van der Waals surface area contributed by atoms with Crippen molar-refractivity contribution >= 4 is 13.1 Å². The molecule has 2 unspecified atom stereocenters. The highest BCUT2D eigenvalue weighted by atomic mass is 16.7. The van der Waals surface area contributed by atoms with Gasteiger partial charge in [0.1, 0.15) is 0 Å². The lowest BCUT2D eigenvalue weighted by Gasteiger charge is -2.32. The molecule has 0 aromatic carbocycles. The molecule has 1 heterocycles. The van der Waals surface area contributed by atoms with Gasteiger partial charge in [-0.3, -0.25) is 4.79 Å². The fourth-order valence-electron chi connectivity index (χ4n) is 1.86. The Kier molecular flexibility index (Phi) is 2.18. The van der Waals surface area contributed by atoms with Crippen molar-refractivity contribution in [3.63, 3.8) is 0 Å². The lowest BCUT2D eigenvalue weighted by molar-refractivity contribution is -0.138. The van der Waals surface area contributed by atoms with E-state index in [0.717, 1.165) is 0 Å². The lowest BCUT2D eigenvalue weighted by Crippen LogP contribution is -2.41. The van der Waals surface area contributed by atoms with Crippen LogP contribution in [0.3, 0.4) is 0 Å². The maximum atomic E-state index is 10.7. The summed E-state index contributed by atoms with van der Waals surface area (Å²) in [5.41, 5.74) is -0.716. The van der Waals surface area contributed by atoms with Crippen molar-refractivity contribution in [2.24, 2.45) is 5.92 Å². The SMILES string of the molecule is CC1(C)OB(C2CC2C(=O)O)OC1(C)C. The summed E-state index contributed by atoms with van der Waals surface area (Å²) < 4.78 is 11.6. The zero-order valence-corrected chi connectivity index (χ0v) is 9.61. The summed E-state index contributed by atoms with van der Waals surface area (Å²) >= 11 is 0. The molecule has 15 heavy (non-hydrogen) atoms. The Morgan fingerprint density at radius 3 is 2.07 bits per heavy atom. The average Bonchev–Trinajstić information content (AvgIpc) is 2.75. The monoisotopic (exact) mass is 212 g/mol. The highest BCUT2D eigenvalue weighted by molar-refractivity contribution is 6.49. The molecule has 0 amide bonds. The van der Waals surface area contributed by atoms with Gasteiger partial charge >= 0.3 is 13.1 Å². The molecule has 1 aliphatic heterocycles. The zero-order chi connectivity index (χ0) is 11.4. The molecule has 5 heteroatoms. The van der Waals surface area contributed by atoms with Gasteiger partial charge in [-0.2, -0.15) is 0 Å². The molecule has 1 saturated heterocycles. The van der Waals surface area contributed by atoms with E-state index >= 15 is 0 Å². The molecule has 1 aliphatic carbocycles. The van der Waals surface area contributed by atoms with E-state index in [0.29, 0.717) is 6.42 Å². The Bertz CT molecular complexity index is 284. The van der Waals surface area contributed by atoms with E-state index in [1.165, 1.54) is 0 Å². The van der Waals surface area contributed by atoms with E-state index in [9.17, 15) is 4.79 Å². The fourth-order valence-corrected chi connectivity index (χ4v) is 1.86. The fraction of sp³-hybridized carbons (Fsp3) is 0.900. The Hall–Kier alpha value is -0.545. The van der Waals surface area contributed by atoms with Crippen LogP contribution in [-0.4, -0.2) is 29.4 Å². The quantitative estimate of drug-likeness (QED) is 0.705. The Labute approximate surface area is 90.1 Å². The van der Waals surface area contributed by atoms with E-state index in [1.54, 1.807) is 0 Å². The third-order valence-corrected chi connectivity index (χ3v) is 3.78. The predicted molar refractivity (Wildman–Crippen MR) is 55.6 cm³/mol. The molecule has 4 nitrogen and oxygen atoms in total. The van der Waals surface area contributed by atoms with Crippen LogP contribution in [0.25, 0.3) is 0 Å². The van der Waals surface area contributed by atoms with Gasteiger partial charge < -0.3 is 14.4 Å². The van der Waals surface area contributed by atoms with Crippen LogP contribution in [0.4, 0.5) is 0 Å². The molecular weight excluding hydrogens is 195 g/mol. The van der Waals surface area contributed by atoms with E-state index < -0.39 is 5.97 Å². The van der Waals surface area contributed by atoms with E-state index in [-0.39, 0.29) is 30.1 Å². The Morgan fingerprint density at radius 2 is 1.73 bits per heavy atom. The maximum Gasteiger partial charge on any atom is 0.462 e. The van der Waals surface area contributed by atoms with Crippen molar-refractivity contribution in [1.29, 1.82) is 0 Å². The number of rotatable bonds is 2. The summed E-state index contributed by atoms with van der Waals surface area (Å²) in [4.78, 5) is 10.7. The molecule has 2 fully saturated rings. The molecule has 84 valence electrons. The number of carboxylic acid groups (broad SMARTS) is 1. The smallest absolute Gasteiger partial charge is 0.462 e. The lowest BCUT2D eigenvalue weighted by atomic mass is 9.80. The van der Waals surface area contributed by atoms with Crippen LogP contribution in [0, 0.1) is 5.92 Å². The second kappa shape index (κ2) is 2.98. The van der Waals surface area contributed by atoms with Gasteiger partial charge in [0.2, 0.25) is 0 Å². The number of hydrogen-bond donors (Lipinski definition) is 1. The van der Waals surface area contributed by atoms with Crippen LogP contribution in [0.15, 0.2) is 0 Å². The molecule has 1 saturated carbocycles. The average molecular weight is 212 g/mol. The molecule has 0 bridgehead atoms. The van der Waals surface area contributed by atoms with Crippen molar-refractivity contribution in [3.05, 3.63) is 0 Å². The topological polar surface area (TPSA) is 55.8 Å².